The molecule has 0 bridgehead atoms. The van der Waals surface area contributed by atoms with Gasteiger partial charge in [0.1, 0.15) is 5.75 Å². The quantitative estimate of drug-likeness (QED) is 0.783. The van der Waals surface area contributed by atoms with E-state index in [1.54, 1.807) is 6.07 Å². The van der Waals surface area contributed by atoms with Crippen molar-refractivity contribution in [2.45, 2.75) is 45.3 Å². The van der Waals surface area contributed by atoms with Crippen LogP contribution in [0.2, 0.25) is 0 Å². The molecule has 7 heteroatoms. The van der Waals surface area contributed by atoms with E-state index in [4.69, 9.17) is 9.31 Å². The lowest BCUT2D eigenvalue weighted by Gasteiger charge is -2.32. The predicted molar refractivity (Wildman–Crippen MR) is 68.8 cm³/mol. The number of hydrogen-bond acceptors (Lipinski definition) is 3. The van der Waals surface area contributed by atoms with E-state index in [0.717, 1.165) is 0 Å². The number of hydrogen-bond donors (Lipinski definition) is 0. The summed E-state index contributed by atoms with van der Waals surface area (Å²) in [5.74, 6) is -0.307. The first kappa shape index (κ1) is 15.2. The van der Waals surface area contributed by atoms with E-state index in [1.165, 1.54) is 18.2 Å². The molecule has 0 radical (unpaired) electrons. The number of halogens is 3. The number of benzene rings is 1. The fourth-order valence-electron chi connectivity index (χ4n) is 1.86. The van der Waals surface area contributed by atoms with Gasteiger partial charge in [-0.05, 0) is 33.8 Å². The Morgan fingerprint density at radius 1 is 1.00 bits per heavy atom. The number of ether oxygens (including phenoxy) is 1. The van der Waals surface area contributed by atoms with Gasteiger partial charge in [0, 0.05) is 5.46 Å². The van der Waals surface area contributed by atoms with Crippen LogP contribution in [0, 0.1) is 0 Å². The Bertz CT molecular complexity index is 484. The highest BCUT2D eigenvalue weighted by atomic mass is 19.4. The summed E-state index contributed by atoms with van der Waals surface area (Å²) in [5, 5.41) is 0. The lowest BCUT2D eigenvalue weighted by molar-refractivity contribution is -0.274. The fourth-order valence-corrected chi connectivity index (χ4v) is 1.86. The molecule has 1 aliphatic rings. The average Bonchev–Trinajstić information content (AvgIpc) is 2.46. The molecule has 0 atom stereocenters. The number of rotatable bonds is 2. The summed E-state index contributed by atoms with van der Waals surface area (Å²) in [5.41, 5.74) is -1.02. The Labute approximate surface area is 116 Å². The van der Waals surface area contributed by atoms with Crippen molar-refractivity contribution < 1.29 is 27.2 Å². The first-order valence-corrected chi connectivity index (χ1v) is 6.22. The second kappa shape index (κ2) is 4.67. The van der Waals surface area contributed by atoms with Gasteiger partial charge >= 0.3 is 13.5 Å². The zero-order valence-corrected chi connectivity index (χ0v) is 11.7. The maximum Gasteiger partial charge on any atom is 0.573 e. The molecule has 0 amide bonds. The van der Waals surface area contributed by atoms with Crippen LogP contribution in [-0.2, 0) is 9.31 Å². The Balaban J connectivity index is 2.31. The smallest absolute Gasteiger partial charge is 0.406 e. The minimum Gasteiger partial charge on any atom is -0.406 e. The van der Waals surface area contributed by atoms with Crippen molar-refractivity contribution >= 4 is 12.6 Å². The molecule has 1 aromatic rings. The van der Waals surface area contributed by atoms with Crippen molar-refractivity contribution in [3.63, 3.8) is 0 Å². The van der Waals surface area contributed by atoms with Gasteiger partial charge in [-0.2, -0.15) is 0 Å². The second-order valence-corrected chi connectivity index (χ2v) is 5.67. The average molecular weight is 288 g/mol. The summed E-state index contributed by atoms with van der Waals surface area (Å²) in [6.45, 7) is 7.33. The van der Waals surface area contributed by atoms with Crippen LogP contribution in [0.15, 0.2) is 24.3 Å². The van der Waals surface area contributed by atoms with Gasteiger partial charge in [0.2, 0.25) is 0 Å². The predicted octanol–water partition coefficient (Wildman–Crippen LogP) is 2.88. The Hall–Kier alpha value is -1.21. The molecule has 0 aromatic heterocycles. The van der Waals surface area contributed by atoms with Gasteiger partial charge in [0.15, 0.2) is 0 Å². The Morgan fingerprint density at radius 2 is 1.50 bits per heavy atom. The van der Waals surface area contributed by atoms with Gasteiger partial charge in [-0.25, -0.2) is 0 Å². The minimum atomic E-state index is -4.75. The largest absolute Gasteiger partial charge is 0.573 e. The minimum absolute atomic E-state index is 0.225. The summed E-state index contributed by atoms with van der Waals surface area (Å²) in [4.78, 5) is 0. The molecule has 20 heavy (non-hydrogen) atoms. The van der Waals surface area contributed by atoms with Crippen LogP contribution in [0.5, 0.6) is 5.75 Å². The topological polar surface area (TPSA) is 27.7 Å². The lowest BCUT2D eigenvalue weighted by Crippen LogP contribution is -2.41. The molecule has 2 rings (SSSR count). The Kier molecular flexibility index (Phi) is 3.54. The van der Waals surface area contributed by atoms with Gasteiger partial charge in [0.05, 0.1) is 11.2 Å². The zero-order chi connectivity index (χ0) is 15.2. The standard InChI is InChI=1S/C13H16BF3O3/c1-11(2)12(3,4)20-14(19-11)9-7-5-6-8-10(9)18-13(15,16)17/h5-8H,1-4H3. The molecule has 1 aliphatic heterocycles. The molecule has 0 saturated carbocycles. The highest BCUT2D eigenvalue weighted by Crippen LogP contribution is 2.37. The van der Waals surface area contributed by atoms with Crippen LogP contribution >= 0.6 is 0 Å². The van der Waals surface area contributed by atoms with Crippen molar-refractivity contribution in [1.82, 2.24) is 0 Å². The Morgan fingerprint density at radius 3 is 2.00 bits per heavy atom. The molecule has 1 saturated heterocycles. The monoisotopic (exact) mass is 288 g/mol. The van der Waals surface area contributed by atoms with Gasteiger partial charge in [0.25, 0.3) is 0 Å². The van der Waals surface area contributed by atoms with Gasteiger partial charge < -0.3 is 14.0 Å². The molecular formula is C13H16BF3O3. The van der Waals surface area contributed by atoms with Crippen LogP contribution in [0.4, 0.5) is 13.2 Å². The summed E-state index contributed by atoms with van der Waals surface area (Å²) in [6, 6.07) is 5.83. The van der Waals surface area contributed by atoms with E-state index in [0.29, 0.717) is 0 Å². The molecule has 0 N–H and O–H groups in total. The van der Waals surface area contributed by atoms with Crippen LogP contribution in [-0.4, -0.2) is 24.7 Å². The van der Waals surface area contributed by atoms with Crippen LogP contribution < -0.4 is 10.2 Å². The molecule has 110 valence electrons. The normalized spacial score (nSPS) is 21.1. The molecule has 0 spiro atoms. The zero-order valence-electron chi connectivity index (χ0n) is 11.7. The molecule has 0 aliphatic carbocycles. The highest BCUT2D eigenvalue weighted by Gasteiger charge is 2.52. The summed E-state index contributed by atoms with van der Waals surface area (Å²) >= 11 is 0. The third-order valence-corrected chi connectivity index (χ3v) is 3.65. The summed E-state index contributed by atoms with van der Waals surface area (Å²) in [6.07, 6.45) is -4.75. The first-order chi connectivity index (χ1) is 9.02. The van der Waals surface area contributed by atoms with E-state index in [1.807, 2.05) is 27.7 Å². The van der Waals surface area contributed by atoms with Crippen molar-refractivity contribution in [3.8, 4) is 5.75 Å². The summed E-state index contributed by atoms with van der Waals surface area (Å²) in [7, 11) is -0.890. The fraction of sp³-hybridized carbons (Fsp3) is 0.538. The van der Waals surface area contributed by atoms with Crippen molar-refractivity contribution in [2.75, 3.05) is 0 Å². The molecule has 0 unspecified atom stereocenters. The maximum atomic E-state index is 12.4. The first-order valence-electron chi connectivity index (χ1n) is 6.22. The van der Waals surface area contributed by atoms with Crippen LogP contribution in [0.25, 0.3) is 0 Å². The van der Waals surface area contributed by atoms with Crippen molar-refractivity contribution in [2.24, 2.45) is 0 Å². The van der Waals surface area contributed by atoms with Crippen molar-refractivity contribution in [1.29, 1.82) is 0 Å². The second-order valence-electron chi connectivity index (χ2n) is 5.67. The SMILES string of the molecule is CC1(C)OB(c2ccccc2OC(F)(F)F)OC1(C)C. The third kappa shape index (κ3) is 2.93. The van der Waals surface area contributed by atoms with Crippen molar-refractivity contribution in [3.05, 3.63) is 24.3 Å². The molecule has 1 heterocycles. The van der Waals surface area contributed by atoms with Gasteiger partial charge in [-0.15, -0.1) is 13.2 Å². The van der Waals surface area contributed by atoms with E-state index >= 15 is 0 Å². The third-order valence-electron chi connectivity index (χ3n) is 3.65. The molecule has 3 nitrogen and oxygen atoms in total. The number of para-hydroxylation sites is 1. The molecular weight excluding hydrogens is 272 g/mol. The van der Waals surface area contributed by atoms with Crippen LogP contribution in [0.3, 0.4) is 0 Å². The highest BCUT2D eigenvalue weighted by molar-refractivity contribution is 6.63. The van der Waals surface area contributed by atoms with E-state index in [9.17, 15) is 13.2 Å². The van der Waals surface area contributed by atoms with E-state index < -0.39 is 24.7 Å². The van der Waals surface area contributed by atoms with Crippen LogP contribution in [0.1, 0.15) is 27.7 Å². The lowest BCUT2D eigenvalue weighted by atomic mass is 9.78. The summed E-state index contributed by atoms with van der Waals surface area (Å²) < 4.78 is 52.7. The van der Waals surface area contributed by atoms with Gasteiger partial charge in [-0.1, -0.05) is 18.2 Å². The maximum absolute atomic E-state index is 12.4. The van der Waals surface area contributed by atoms with E-state index in [2.05, 4.69) is 4.74 Å². The number of alkyl halides is 3. The van der Waals surface area contributed by atoms with E-state index in [-0.39, 0.29) is 11.2 Å². The molecule has 1 fully saturated rings. The molecule has 1 aromatic carbocycles. The van der Waals surface area contributed by atoms with Gasteiger partial charge in [-0.3, -0.25) is 0 Å².